The van der Waals surface area contributed by atoms with Crippen molar-refractivity contribution in [3.05, 3.63) is 59.9 Å². The SMILES string of the molecule is C[C@@H](C#N)c1ccc(F)c(Oc2ccccc2)c1. The molecule has 0 spiro atoms. The normalized spacial score (nSPS) is 11.6. The van der Waals surface area contributed by atoms with Crippen LogP contribution in [0.3, 0.4) is 0 Å². The van der Waals surface area contributed by atoms with Crippen LogP contribution in [-0.4, -0.2) is 0 Å². The summed E-state index contributed by atoms with van der Waals surface area (Å²) in [6.45, 7) is 1.76. The number of hydrogen-bond donors (Lipinski definition) is 0. The first-order valence-electron chi connectivity index (χ1n) is 5.62. The van der Waals surface area contributed by atoms with E-state index in [-0.39, 0.29) is 11.7 Å². The molecule has 0 aliphatic heterocycles. The Labute approximate surface area is 105 Å². The van der Waals surface area contributed by atoms with Gasteiger partial charge in [-0.15, -0.1) is 0 Å². The average Bonchev–Trinajstić information content (AvgIpc) is 2.41. The van der Waals surface area contributed by atoms with Crippen molar-refractivity contribution < 1.29 is 9.13 Å². The van der Waals surface area contributed by atoms with Crippen molar-refractivity contribution in [2.45, 2.75) is 12.8 Å². The van der Waals surface area contributed by atoms with Gasteiger partial charge >= 0.3 is 0 Å². The van der Waals surface area contributed by atoms with E-state index in [1.54, 1.807) is 31.2 Å². The summed E-state index contributed by atoms with van der Waals surface area (Å²) in [5.41, 5.74) is 0.741. The van der Waals surface area contributed by atoms with E-state index < -0.39 is 5.82 Å². The maximum Gasteiger partial charge on any atom is 0.165 e. The lowest BCUT2D eigenvalue weighted by atomic mass is 10.0. The van der Waals surface area contributed by atoms with Crippen molar-refractivity contribution in [2.24, 2.45) is 0 Å². The summed E-state index contributed by atoms with van der Waals surface area (Å²) >= 11 is 0. The molecule has 0 amide bonds. The number of rotatable bonds is 3. The first-order valence-corrected chi connectivity index (χ1v) is 5.62. The average molecular weight is 241 g/mol. The van der Waals surface area contributed by atoms with Crippen LogP contribution in [-0.2, 0) is 0 Å². The van der Waals surface area contributed by atoms with Crippen LogP contribution < -0.4 is 4.74 Å². The smallest absolute Gasteiger partial charge is 0.165 e. The van der Waals surface area contributed by atoms with Gasteiger partial charge in [-0.3, -0.25) is 0 Å². The van der Waals surface area contributed by atoms with E-state index in [1.807, 2.05) is 18.2 Å². The molecular weight excluding hydrogens is 229 g/mol. The largest absolute Gasteiger partial charge is 0.454 e. The number of para-hydroxylation sites is 1. The molecular formula is C15H12FNO. The zero-order chi connectivity index (χ0) is 13.0. The predicted molar refractivity (Wildman–Crippen MR) is 66.9 cm³/mol. The van der Waals surface area contributed by atoms with Crippen LogP contribution in [0, 0.1) is 17.1 Å². The van der Waals surface area contributed by atoms with Crippen LogP contribution in [0.1, 0.15) is 18.4 Å². The van der Waals surface area contributed by atoms with Crippen molar-refractivity contribution in [1.29, 1.82) is 5.26 Å². The second-order valence-electron chi connectivity index (χ2n) is 3.96. The third-order valence-corrected chi connectivity index (χ3v) is 2.62. The number of benzene rings is 2. The molecule has 18 heavy (non-hydrogen) atoms. The van der Waals surface area contributed by atoms with E-state index in [2.05, 4.69) is 6.07 Å². The van der Waals surface area contributed by atoms with Crippen LogP contribution in [0.15, 0.2) is 48.5 Å². The van der Waals surface area contributed by atoms with Crippen molar-refractivity contribution in [3.63, 3.8) is 0 Å². The minimum absolute atomic E-state index is 0.140. The molecule has 0 N–H and O–H groups in total. The minimum atomic E-state index is -0.437. The summed E-state index contributed by atoms with van der Waals surface area (Å²) in [6, 6.07) is 15.6. The summed E-state index contributed by atoms with van der Waals surface area (Å²) in [6.07, 6.45) is 0. The molecule has 0 fully saturated rings. The summed E-state index contributed by atoms with van der Waals surface area (Å²) in [5.74, 6) is -0.0181. The van der Waals surface area contributed by atoms with Gasteiger partial charge in [-0.05, 0) is 36.8 Å². The zero-order valence-corrected chi connectivity index (χ0v) is 9.93. The third-order valence-electron chi connectivity index (χ3n) is 2.62. The molecule has 0 saturated heterocycles. The summed E-state index contributed by atoms with van der Waals surface area (Å²) < 4.78 is 19.1. The van der Waals surface area contributed by atoms with Crippen molar-refractivity contribution in [2.75, 3.05) is 0 Å². The molecule has 0 saturated carbocycles. The molecule has 0 heterocycles. The van der Waals surface area contributed by atoms with Gasteiger partial charge in [0.05, 0.1) is 12.0 Å². The van der Waals surface area contributed by atoms with Crippen LogP contribution in [0.25, 0.3) is 0 Å². The van der Waals surface area contributed by atoms with E-state index in [1.165, 1.54) is 6.07 Å². The molecule has 0 unspecified atom stereocenters. The van der Waals surface area contributed by atoms with E-state index in [9.17, 15) is 4.39 Å². The Bertz CT molecular complexity index is 575. The van der Waals surface area contributed by atoms with Gasteiger partial charge in [0, 0.05) is 0 Å². The number of ether oxygens (including phenoxy) is 1. The minimum Gasteiger partial charge on any atom is -0.454 e. The molecule has 3 heteroatoms. The standard InChI is InChI=1S/C15H12FNO/c1-11(10-17)12-7-8-14(16)15(9-12)18-13-5-3-2-4-6-13/h2-9,11H,1H3/t11-/m0/s1. The van der Waals surface area contributed by atoms with Crippen LogP contribution in [0.2, 0.25) is 0 Å². The Morgan fingerprint density at radius 3 is 2.56 bits per heavy atom. The summed E-state index contributed by atoms with van der Waals surface area (Å²) in [5, 5.41) is 8.85. The Morgan fingerprint density at radius 2 is 1.89 bits per heavy atom. The topological polar surface area (TPSA) is 33.0 Å². The van der Waals surface area contributed by atoms with Crippen molar-refractivity contribution in [3.8, 4) is 17.6 Å². The molecule has 0 aliphatic rings. The fraction of sp³-hybridized carbons (Fsp3) is 0.133. The molecule has 0 radical (unpaired) electrons. The van der Waals surface area contributed by atoms with Gasteiger partial charge in [0.15, 0.2) is 11.6 Å². The number of nitrogens with zero attached hydrogens (tertiary/aromatic N) is 1. The lowest BCUT2D eigenvalue weighted by Gasteiger charge is -2.09. The van der Waals surface area contributed by atoms with E-state index in [0.29, 0.717) is 5.75 Å². The van der Waals surface area contributed by atoms with Gasteiger partial charge in [-0.25, -0.2) is 4.39 Å². The Hall–Kier alpha value is -2.34. The maximum atomic E-state index is 13.6. The van der Waals surface area contributed by atoms with Gasteiger partial charge in [-0.2, -0.15) is 5.26 Å². The molecule has 0 aliphatic carbocycles. The zero-order valence-electron chi connectivity index (χ0n) is 9.93. The molecule has 0 aromatic heterocycles. The third kappa shape index (κ3) is 2.67. The molecule has 1 atom stereocenters. The molecule has 0 bridgehead atoms. The van der Waals surface area contributed by atoms with Gasteiger partial charge in [0.1, 0.15) is 5.75 Å². The van der Waals surface area contributed by atoms with Crippen LogP contribution >= 0.6 is 0 Å². The van der Waals surface area contributed by atoms with E-state index in [0.717, 1.165) is 5.56 Å². The molecule has 2 aromatic carbocycles. The number of halogens is 1. The Balaban J connectivity index is 2.30. The highest BCUT2D eigenvalue weighted by Crippen LogP contribution is 2.27. The van der Waals surface area contributed by atoms with Gasteiger partial charge < -0.3 is 4.74 Å². The first kappa shape index (κ1) is 12.1. The van der Waals surface area contributed by atoms with Gasteiger partial charge in [0.2, 0.25) is 0 Å². The van der Waals surface area contributed by atoms with E-state index in [4.69, 9.17) is 10.00 Å². The Kier molecular flexibility index (Phi) is 3.59. The number of hydrogen-bond acceptors (Lipinski definition) is 2. The number of nitriles is 1. The maximum absolute atomic E-state index is 13.6. The molecule has 90 valence electrons. The molecule has 2 rings (SSSR count). The lowest BCUT2D eigenvalue weighted by Crippen LogP contribution is -1.94. The van der Waals surface area contributed by atoms with Gasteiger partial charge in [-0.1, -0.05) is 24.3 Å². The van der Waals surface area contributed by atoms with E-state index >= 15 is 0 Å². The second-order valence-corrected chi connectivity index (χ2v) is 3.96. The monoisotopic (exact) mass is 241 g/mol. The summed E-state index contributed by atoms with van der Waals surface area (Å²) in [7, 11) is 0. The highest BCUT2D eigenvalue weighted by Gasteiger charge is 2.10. The van der Waals surface area contributed by atoms with Crippen molar-refractivity contribution in [1.82, 2.24) is 0 Å². The second kappa shape index (κ2) is 5.33. The molecule has 2 nitrogen and oxygen atoms in total. The van der Waals surface area contributed by atoms with Crippen molar-refractivity contribution >= 4 is 0 Å². The predicted octanol–water partition coefficient (Wildman–Crippen LogP) is 4.25. The molecule has 2 aromatic rings. The fourth-order valence-electron chi connectivity index (χ4n) is 1.56. The Morgan fingerprint density at radius 1 is 1.17 bits per heavy atom. The highest BCUT2D eigenvalue weighted by molar-refractivity contribution is 5.37. The quantitative estimate of drug-likeness (QED) is 0.805. The first-order chi connectivity index (χ1) is 8.70. The van der Waals surface area contributed by atoms with Gasteiger partial charge in [0.25, 0.3) is 0 Å². The fourth-order valence-corrected chi connectivity index (χ4v) is 1.56. The highest BCUT2D eigenvalue weighted by atomic mass is 19.1. The lowest BCUT2D eigenvalue weighted by molar-refractivity contribution is 0.441. The summed E-state index contributed by atoms with van der Waals surface area (Å²) in [4.78, 5) is 0. The van der Waals surface area contributed by atoms with Crippen LogP contribution in [0.4, 0.5) is 4.39 Å². The van der Waals surface area contributed by atoms with Crippen LogP contribution in [0.5, 0.6) is 11.5 Å².